The van der Waals surface area contributed by atoms with Gasteiger partial charge in [0.25, 0.3) is 0 Å². The smallest absolute Gasteiger partial charge is 0.240 e. The molecular formula is C84H52N10. The van der Waals surface area contributed by atoms with Gasteiger partial charge in [-0.2, -0.15) is 29.9 Å². The highest BCUT2D eigenvalue weighted by Crippen LogP contribution is 2.40. The van der Waals surface area contributed by atoms with Gasteiger partial charge in [-0.25, -0.2) is 0 Å². The van der Waals surface area contributed by atoms with E-state index in [1.807, 2.05) is 0 Å². The first-order valence-corrected chi connectivity index (χ1v) is 31.6. The molecule has 0 unspecified atom stereocenters. The predicted octanol–water partition coefficient (Wildman–Crippen LogP) is 20.4. The molecule has 0 N–H and O–H groups in total. The van der Waals surface area contributed by atoms with Gasteiger partial charge in [0.1, 0.15) is 0 Å². The predicted molar refractivity (Wildman–Crippen MR) is 383 cm³/mol. The Balaban J connectivity index is 0.750. The van der Waals surface area contributed by atoms with Gasteiger partial charge in [-0.15, -0.1) is 0 Å². The second-order valence-corrected chi connectivity index (χ2v) is 23.9. The Bertz CT molecular complexity index is 5400. The van der Waals surface area contributed by atoms with E-state index >= 15 is 0 Å². The molecule has 13 aromatic carbocycles. The van der Waals surface area contributed by atoms with Gasteiger partial charge in [0.05, 0.1) is 44.1 Å². The first kappa shape index (κ1) is 53.0. The Morgan fingerprint density at radius 2 is 0.330 bits per heavy atom. The second kappa shape index (κ2) is 21.4. The Hall–Kier alpha value is -12.9. The van der Waals surface area contributed by atoms with Gasteiger partial charge < -0.3 is 0 Å². The zero-order valence-corrected chi connectivity index (χ0v) is 50.5. The zero-order valence-electron chi connectivity index (χ0n) is 50.5. The lowest BCUT2D eigenvalue weighted by molar-refractivity contribution is 0.892. The molecule has 0 aliphatic carbocycles. The number of benzene rings is 13. The molecule has 0 radical (unpaired) electrons. The average Bonchev–Trinajstić information content (AvgIpc) is 1.52. The Labute approximate surface area is 538 Å². The van der Waals surface area contributed by atoms with Crippen LogP contribution in [0.3, 0.4) is 0 Å². The van der Waals surface area contributed by atoms with Crippen LogP contribution in [0.4, 0.5) is 0 Å². The number of hydrogen-bond donors (Lipinski definition) is 0. The Kier molecular flexibility index (Phi) is 12.0. The van der Waals surface area contributed by atoms with Crippen molar-refractivity contribution in [1.29, 1.82) is 0 Å². The van der Waals surface area contributed by atoms with E-state index < -0.39 is 0 Å². The number of nitrogens with zero attached hydrogens (tertiary/aromatic N) is 10. The lowest BCUT2D eigenvalue weighted by atomic mass is 9.92. The monoisotopic (exact) mass is 1200 g/mol. The molecule has 0 amide bonds. The van der Waals surface area contributed by atoms with E-state index in [9.17, 15) is 0 Å². The Morgan fingerprint density at radius 1 is 0.149 bits per heavy atom. The van der Waals surface area contributed by atoms with Crippen LogP contribution < -0.4 is 0 Å². The van der Waals surface area contributed by atoms with Gasteiger partial charge in [-0.1, -0.05) is 249 Å². The molecule has 19 rings (SSSR count). The molecule has 0 spiro atoms. The molecule has 19 aromatic rings. The number of hydrogen-bond acceptors (Lipinski definition) is 6. The summed E-state index contributed by atoms with van der Waals surface area (Å²) in [5, 5.41) is 9.04. The summed E-state index contributed by atoms with van der Waals surface area (Å²) in [6.07, 6.45) is 0. The van der Waals surface area contributed by atoms with E-state index in [2.05, 4.69) is 334 Å². The van der Waals surface area contributed by atoms with Crippen LogP contribution in [0.2, 0.25) is 0 Å². The first-order chi connectivity index (χ1) is 46.6. The van der Waals surface area contributed by atoms with Crippen molar-refractivity contribution in [2.75, 3.05) is 0 Å². The van der Waals surface area contributed by atoms with Crippen molar-refractivity contribution >= 4 is 87.2 Å². The van der Waals surface area contributed by atoms with Gasteiger partial charge in [-0.05, 0) is 111 Å². The summed E-state index contributed by atoms with van der Waals surface area (Å²) in [5.74, 6) is 3.26. The van der Waals surface area contributed by atoms with E-state index in [0.29, 0.717) is 35.4 Å². The fourth-order valence-electron chi connectivity index (χ4n) is 14.2. The highest BCUT2D eigenvalue weighted by Gasteiger charge is 2.24. The quantitative estimate of drug-likeness (QED) is 0.135. The largest absolute Gasteiger partial charge is 0.278 e. The standard InChI is InChI=1S/C84H52N10/c1-2-20-53(21-3-1)54-38-40-55(41-39-54)60-50-61(56-42-46-58(47-43-56)79-85-81(91-71-30-12-4-22-63(71)64-23-5-13-31-72(64)91)89-82(86-79)92-73-32-14-6-24-65(73)66-25-7-15-33-74(66)92)52-62(51-60)57-44-48-59(49-45-57)80-87-83(93-75-34-16-8-26-67(75)68-27-9-17-35-76(68)93)90-84(88-80)94-77-36-18-10-28-69(77)70-29-11-19-37-78(70)94/h1-52H. The molecule has 0 aliphatic heterocycles. The molecule has 438 valence electrons. The van der Waals surface area contributed by atoms with Crippen LogP contribution in [0.1, 0.15) is 0 Å². The van der Waals surface area contributed by atoms with Crippen molar-refractivity contribution in [3.05, 3.63) is 315 Å². The molecule has 0 atom stereocenters. The maximum absolute atomic E-state index is 5.39. The minimum atomic E-state index is 0.535. The fourth-order valence-corrected chi connectivity index (χ4v) is 14.2. The van der Waals surface area contributed by atoms with Gasteiger partial charge in [0, 0.05) is 54.2 Å². The summed E-state index contributed by atoms with van der Waals surface area (Å²) < 4.78 is 8.69. The molecule has 0 aliphatic rings. The third kappa shape index (κ3) is 8.58. The van der Waals surface area contributed by atoms with Crippen molar-refractivity contribution in [3.8, 4) is 91.1 Å². The van der Waals surface area contributed by atoms with Crippen molar-refractivity contribution in [3.63, 3.8) is 0 Å². The topological polar surface area (TPSA) is 97.1 Å². The molecule has 10 heteroatoms. The van der Waals surface area contributed by atoms with Crippen LogP contribution in [0.5, 0.6) is 0 Å². The van der Waals surface area contributed by atoms with Gasteiger partial charge in [0.2, 0.25) is 23.8 Å². The molecule has 0 bridgehead atoms. The minimum Gasteiger partial charge on any atom is -0.278 e. The maximum Gasteiger partial charge on any atom is 0.240 e. The number of rotatable bonds is 10. The molecule has 10 nitrogen and oxygen atoms in total. The highest BCUT2D eigenvalue weighted by molar-refractivity contribution is 6.12. The molecule has 6 heterocycles. The normalized spacial score (nSPS) is 11.8. The molecule has 94 heavy (non-hydrogen) atoms. The minimum absolute atomic E-state index is 0.535. The number of para-hydroxylation sites is 8. The maximum atomic E-state index is 5.39. The summed E-state index contributed by atoms with van der Waals surface area (Å²) >= 11 is 0. The molecule has 6 aromatic heterocycles. The third-order valence-electron chi connectivity index (χ3n) is 18.6. The molecule has 0 fully saturated rings. The number of aromatic nitrogens is 10. The second-order valence-electron chi connectivity index (χ2n) is 23.9. The van der Waals surface area contributed by atoms with Crippen LogP contribution in [0, 0.1) is 0 Å². The van der Waals surface area contributed by atoms with E-state index in [1.165, 1.54) is 5.56 Å². The summed E-state index contributed by atoms with van der Waals surface area (Å²) in [7, 11) is 0. The summed E-state index contributed by atoms with van der Waals surface area (Å²) in [6.45, 7) is 0. The van der Waals surface area contributed by atoms with Crippen LogP contribution in [-0.2, 0) is 0 Å². The van der Waals surface area contributed by atoms with Gasteiger partial charge in [-0.3, -0.25) is 18.3 Å². The molecule has 0 saturated heterocycles. The van der Waals surface area contributed by atoms with E-state index in [1.54, 1.807) is 0 Å². The highest BCUT2D eigenvalue weighted by atomic mass is 15.3. The SMILES string of the molecule is c1ccc(-c2ccc(-c3cc(-c4ccc(-c5nc(-n6c7ccccc7c7ccccc76)nc(-n6c7ccccc7c7ccccc76)n5)cc4)cc(-c4ccc(-c5nc(-n6c7ccccc7c7ccccc76)nc(-n6c7ccccc7c7ccccc76)n5)cc4)c3)cc2)cc1. The van der Waals surface area contributed by atoms with Crippen molar-refractivity contribution < 1.29 is 0 Å². The van der Waals surface area contributed by atoms with Crippen LogP contribution in [0.25, 0.3) is 178 Å². The molecule has 0 saturated carbocycles. The van der Waals surface area contributed by atoms with Crippen LogP contribution in [0.15, 0.2) is 315 Å². The van der Waals surface area contributed by atoms with Crippen LogP contribution >= 0.6 is 0 Å². The van der Waals surface area contributed by atoms with E-state index in [0.717, 1.165) is 137 Å². The average molecular weight is 1200 g/mol. The number of fused-ring (bicyclic) bond motifs is 12. The Morgan fingerprint density at radius 3 is 0.564 bits per heavy atom. The van der Waals surface area contributed by atoms with Gasteiger partial charge in [0.15, 0.2) is 11.6 Å². The zero-order chi connectivity index (χ0) is 61.8. The molecular weight excluding hydrogens is 1150 g/mol. The first-order valence-electron chi connectivity index (χ1n) is 31.6. The summed E-state index contributed by atoms with van der Waals surface area (Å²) in [5.41, 5.74) is 18.6. The van der Waals surface area contributed by atoms with Crippen LogP contribution in [-0.4, -0.2) is 48.2 Å². The fraction of sp³-hybridized carbons (Fsp3) is 0. The third-order valence-corrected chi connectivity index (χ3v) is 18.6. The summed E-state index contributed by atoms with van der Waals surface area (Å²) in [4.78, 5) is 32.3. The van der Waals surface area contributed by atoms with Crippen molar-refractivity contribution in [1.82, 2.24) is 48.2 Å². The van der Waals surface area contributed by atoms with Crippen molar-refractivity contribution in [2.24, 2.45) is 0 Å². The summed E-state index contributed by atoms with van der Waals surface area (Å²) in [6, 6.07) is 111. The van der Waals surface area contributed by atoms with Crippen molar-refractivity contribution in [2.45, 2.75) is 0 Å². The lowest BCUT2D eigenvalue weighted by Gasteiger charge is -2.14. The van der Waals surface area contributed by atoms with Gasteiger partial charge >= 0.3 is 0 Å². The lowest BCUT2D eigenvalue weighted by Crippen LogP contribution is -2.10. The van der Waals surface area contributed by atoms with E-state index in [-0.39, 0.29) is 0 Å². The van der Waals surface area contributed by atoms with E-state index in [4.69, 9.17) is 29.9 Å².